The van der Waals surface area contributed by atoms with Crippen LogP contribution < -0.4 is 10.1 Å². The van der Waals surface area contributed by atoms with Gasteiger partial charge in [0.1, 0.15) is 11.8 Å². The molecule has 1 atom stereocenters. The molecule has 4 rings (SSSR count). The molecule has 0 bridgehead atoms. The van der Waals surface area contributed by atoms with Gasteiger partial charge in [-0.15, -0.1) is 0 Å². The molecule has 1 saturated heterocycles. The molecule has 11 heteroatoms. The highest BCUT2D eigenvalue weighted by Crippen LogP contribution is 2.21. The minimum absolute atomic E-state index is 0.140. The van der Waals surface area contributed by atoms with Crippen LogP contribution in [-0.2, 0) is 37.4 Å². The number of sulfonamides is 1. The van der Waals surface area contributed by atoms with Gasteiger partial charge >= 0.3 is 0 Å². The Labute approximate surface area is 246 Å². The van der Waals surface area contributed by atoms with Gasteiger partial charge in [-0.25, -0.2) is 8.42 Å². The third kappa shape index (κ3) is 8.29. The first-order valence-electron chi connectivity index (χ1n) is 13.3. The minimum Gasteiger partial charge on any atom is -0.484 e. The second-order valence-electron chi connectivity index (χ2n) is 9.80. The SMILES string of the molecule is Cc1ccc(CNC(=O)C(C)N(Cc2ccc(Cl)cc2)C(=O)COc2ccc(S(=O)(=O)N3CCOCC3)cc2)cc1. The smallest absolute Gasteiger partial charge is 0.261 e. The number of amides is 2. The van der Waals surface area contributed by atoms with Crippen LogP contribution in [0.25, 0.3) is 0 Å². The summed E-state index contributed by atoms with van der Waals surface area (Å²) < 4.78 is 38.1. The van der Waals surface area contributed by atoms with Crippen molar-refractivity contribution in [1.82, 2.24) is 14.5 Å². The Hall–Kier alpha value is -3.44. The van der Waals surface area contributed by atoms with E-state index in [1.165, 1.54) is 33.5 Å². The van der Waals surface area contributed by atoms with E-state index >= 15 is 0 Å². The van der Waals surface area contributed by atoms with Crippen LogP contribution in [0.4, 0.5) is 0 Å². The zero-order valence-corrected chi connectivity index (χ0v) is 24.7. The average Bonchev–Trinajstić information content (AvgIpc) is 2.99. The molecular weight excluding hydrogens is 566 g/mol. The molecule has 3 aromatic rings. The summed E-state index contributed by atoms with van der Waals surface area (Å²) in [6.45, 7) is 5.16. The number of aryl methyl sites for hydroxylation is 1. The molecule has 2 amide bonds. The first-order valence-corrected chi connectivity index (χ1v) is 15.1. The van der Waals surface area contributed by atoms with Gasteiger partial charge in [-0.1, -0.05) is 53.6 Å². The predicted octanol–water partition coefficient (Wildman–Crippen LogP) is 3.78. The van der Waals surface area contributed by atoms with Crippen LogP contribution in [-0.4, -0.2) is 68.4 Å². The van der Waals surface area contributed by atoms with Crippen LogP contribution in [0.15, 0.2) is 77.7 Å². The molecule has 0 aliphatic carbocycles. The number of hydrogen-bond donors (Lipinski definition) is 1. The first-order chi connectivity index (χ1) is 19.6. The van der Waals surface area contributed by atoms with Crippen molar-refractivity contribution >= 4 is 33.4 Å². The van der Waals surface area contributed by atoms with E-state index in [2.05, 4.69) is 5.32 Å². The van der Waals surface area contributed by atoms with Crippen LogP contribution in [0.5, 0.6) is 5.75 Å². The zero-order valence-electron chi connectivity index (χ0n) is 23.1. The van der Waals surface area contributed by atoms with Crippen LogP contribution in [0, 0.1) is 6.92 Å². The molecule has 218 valence electrons. The van der Waals surface area contributed by atoms with Crippen LogP contribution in [0.3, 0.4) is 0 Å². The number of nitrogens with one attached hydrogen (secondary N) is 1. The summed E-state index contributed by atoms with van der Waals surface area (Å²) in [5.74, 6) is -0.365. The van der Waals surface area contributed by atoms with Crippen molar-refractivity contribution in [2.75, 3.05) is 32.9 Å². The van der Waals surface area contributed by atoms with Crippen LogP contribution in [0.2, 0.25) is 5.02 Å². The van der Waals surface area contributed by atoms with Gasteiger partial charge in [-0.05, 0) is 61.4 Å². The molecule has 3 aromatic carbocycles. The Kier molecular flexibility index (Phi) is 10.4. The Morgan fingerprint density at radius 1 is 0.976 bits per heavy atom. The molecule has 0 aromatic heterocycles. The normalized spacial score (nSPS) is 14.7. The minimum atomic E-state index is -3.64. The van der Waals surface area contributed by atoms with E-state index < -0.39 is 22.0 Å². The van der Waals surface area contributed by atoms with E-state index in [1.54, 1.807) is 31.2 Å². The molecule has 0 saturated carbocycles. The van der Waals surface area contributed by atoms with E-state index in [0.29, 0.717) is 43.6 Å². The van der Waals surface area contributed by atoms with Crippen LogP contribution in [0.1, 0.15) is 23.6 Å². The number of hydrogen-bond acceptors (Lipinski definition) is 6. The summed E-state index contributed by atoms with van der Waals surface area (Å²) in [6, 6.07) is 20.1. The van der Waals surface area contributed by atoms with Gasteiger partial charge in [0.05, 0.1) is 18.1 Å². The number of rotatable bonds is 11. The van der Waals surface area contributed by atoms with Crippen molar-refractivity contribution in [2.45, 2.75) is 37.9 Å². The Bertz CT molecular complexity index is 1420. The van der Waals surface area contributed by atoms with Gasteiger partial charge in [0.25, 0.3) is 5.91 Å². The number of carbonyl (C=O) groups is 2. The van der Waals surface area contributed by atoms with Gasteiger partial charge < -0.3 is 19.7 Å². The second-order valence-corrected chi connectivity index (χ2v) is 12.2. The topological polar surface area (TPSA) is 105 Å². The lowest BCUT2D eigenvalue weighted by Gasteiger charge is -2.29. The van der Waals surface area contributed by atoms with Crippen molar-refractivity contribution in [3.05, 3.63) is 94.5 Å². The van der Waals surface area contributed by atoms with E-state index in [1.807, 2.05) is 31.2 Å². The third-order valence-electron chi connectivity index (χ3n) is 6.81. The quantitative estimate of drug-likeness (QED) is 0.360. The van der Waals surface area contributed by atoms with Crippen molar-refractivity contribution in [3.8, 4) is 5.75 Å². The predicted molar refractivity (Wildman–Crippen MR) is 156 cm³/mol. The fourth-order valence-corrected chi connectivity index (χ4v) is 5.82. The standard InChI is InChI=1S/C30H34ClN3O6S/c1-22-3-5-24(6-4-22)19-32-30(36)23(2)34(20-25-7-9-26(31)10-8-25)29(35)21-40-27-11-13-28(14-12-27)41(37,38)33-15-17-39-18-16-33/h3-14,23H,15-21H2,1-2H3,(H,32,36). The first kappa shape index (κ1) is 30.5. The monoisotopic (exact) mass is 599 g/mol. The number of ether oxygens (including phenoxy) is 2. The fraction of sp³-hybridized carbons (Fsp3) is 0.333. The maximum atomic E-state index is 13.4. The number of morpholine rings is 1. The van der Waals surface area contributed by atoms with Crippen molar-refractivity contribution in [1.29, 1.82) is 0 Å². The molecule has 41 heavy (non-hydrogen) atoms. The van der Waals surface area contributed by atoms with Crippen molar-refractivity contribution in [3.63, 3.8) is 0 Å². The number of benzene rings is 3. The largest absolute Gasteiger partial charge is 0.484 e. The summed E-state index contributed by atoms with van der Waals surface area (Å²) in [5.41, 5.74) is 2.88. The maximum absolute atomic E-state index is 13.4. The highest BCUT2D eigenvalue weighted by Gasteiger charge is 2.28. The maximum Gasteiger partial charge on any atom is 0.261 e. The molecule has 1 unspecified atom stereocenters. The fourth-order valence-electron chi connectivity index (χ4n) is 4.28. The average molecular weight is 600 g/mol. The lowest BCUT2D eigenvalue weighted by molar-refractivity contribution is -0.142. The van der Waals surface area contributed by atoms with Gasteiger partial charge in [-0.3, -0.25) is 9.59 Å². The van der Waals surface area contributed by atoms with Crippen LogP contribution >= 0.6 is 11.6 Å². The molecule has 9 nitrogen and oxygen atoms in total. The van der Waals surface area contributed by atoms with Crippen molar-refractivity contribution < 1.29 is 27.5 Å². The van der Waals surface area contributed by atoms with E-state index in [-0.39, 0.29) is 24.0 Å². The lowest BCUT2D eigenvalue weighted by atomic mass is 10.1. The Morgan fingerprint density at radius 2 is 1.59 bits per heavy atom. The number of carbonyl (C=O) groups excluding carboxylic acids is 2. The number of nitrogens with zero attached hydrogens (tertiary/aromatic N) is 2. The van der Waals surface area contributed by atoms with Gasteiger partial charge in [0.2, 0.25) is 15.9 Å². The third-order valence-corrected chi connectivity index (χ3v) is 8.98. The Morgan fingerprint density at radius 3 is 2.22 bits per heavy atom. The molecule has 1 N–H and O–H groups in total. The highest BCUT2D eigenvalue weighted by molar-refractivity contribution is 7.89. The van der Waals surface area contributed by atoms with Crippen molar-refractivity contribution in [2.24, 2.45) is 0 Å². The highest BCUT2D eigenvalue weighted by atomic mass is 35.5. The molecule has 0 radical (unpaired) electrons. The van der Waals surface area contributed by atoms with Gasteiger partial charge in [-0.2, -0.15) is 4.31 Å². The Balaban J connectivity index is 1.41. The second kappa shape index (κ2) is 14.0. The zero-order chi connectivity index (χ0) is 29.4. The summed E-state index contributed by atoms with van der Waals surface area (Å²) >= 11 is 6.02. The van der Waals surface area contributed by atoms with Gasteiger partial charge in [0.15, 0.2) is 6.61 Å². The van der Waals surface area contributed by atoms with E-state index in [4.69, 9.17) is 21.1 Å². The molecule has 1 aliphatic heterocycles. The summed E-state index contributed by atoms with van der Waals surface area (Å²) in [7, 11) is -3.64. The molecule has 1 heterocycles. The summed E-state index contributed by atoms with van der Waals surface area (Å²) in [4.78, 5) is 28.0. The molecule has 0 spiro atoms. The van der Waals surface area contributed by atoms with E-state index in [0.717, 1.165) is 16.7 Å². The van der Waals surface area contributed by atoms with Gasteiger partial charge in [0, 0.05) is 31.2 Å². The molecule has 1 aliphatic rings. The number of halogens is 1. The summed E-state index contributed by atoms with van der Waals surface area (Å²) in [5, 5.41) is 3.47. The molecular formula is C30H34ClN3O6S. The lowest BCUT2D eigenvalue weighted by Crippen LogP contribution is -2.48. The van der Waals surface area contributed by atoms with E-state index in [9.17, 15) is 18.0 Å². The molecule has 1 fully saturated rings. The summed E-state index contributed by atoms with van der Waals surface area (Å²) in [6.07, 6.45) is 0.